The molecule has 0 unspecified atom stereocenters. The van der Waals surface area contributed by atoms with Crippen molar-refractivity contribution in [2.24, 2.45) is 0 Å². The number of hydrogen-bond acceptors (Lipinski definition) is 5. The standard InChI is InChI=1S/C12H19N3O3/c1-8(2)12-13-9(7-10(16)14-12)15(3)6-5-11(17)18-4/h7-8H,5-6H2,1-4H3,(H,13,14,16). The highest BCUT2D eigenvalue weighted by Crippen LogP contribution is 2.12. The van der Waals surface area contributed by atoms with Gasteiger partial charge in [0.25, 0.3) is 5.56 Å². The first kappa shape index (κ1) is 14.2. The minimum Gasteiger partial charge on any atom is -0.469 e. The van der Waals surface area contributed by atoms with Crippen molar-refractivity contribution in [3.63, 3.8) is 0 Å². The molecule has 0 bridgehead atoms. The molecule has 6 nitrogen and oxygen atoms in total. The summed E-state index contributed by atoms with van der Waals surface area (Å²) in [6, 6.07) is 1.42. The maximum absolute atomic E-state index is 11.5. The summed E-state index contributed by atoms with van der Waals surface area (Å²) in [7, 11) is 3.14. The molecule has 6 heteroatoms. The molecule has 0 saturated heterocycles. The molecule has 1 rings (SSSR count). The molecule has 0 atom stereocenters. The van der Waals surface area contributed by atoms with E-state index in [-0.39, 0.29) is 23.9 Å². The summed E-state index contributed by atoms with van der Waals surface area (Å²) in [5.74, 6) is 1.07. The molecule has 0 saturated carbocycles. The lowest BCUT2D eigenvalue weighted by Crippen LogP contribution is -2.25. The molecule has 1 aromatic rings. The summed E-state index contributed by atoms with van der Waals surface area (Å²) in [5.41, 5.74) is -0.186. The summed E-state index contributed by atoms with van der Waals surface area (Å²) in [5, 5.41) is 0. The van der Waals surface area contributed by atoms with Gasteiger partial charge in [-0.2, -0.15) is 0 Å². The predicted molar refractivity (Wildman–Crippen MR) is 68.8 cm³/mol. The number of rotatable bonds is 5. The lowest BCUT2D eigenvalue weighted by atomic mass is 10.2. The maximum atomic E-state index is 11.5. The Kier molecular flexibility index (Phi) is 4.88. The van der Waals surface area contributed by atoms with Gasteiger partial charge in [0, 0.05) is 25.6 Å². The number of anilines is 1. The number of esters is 1. The molecule has 1 N–H and O–H groups in total. The summed E-state index contributed by atoms with van der Waals surface area (Å²) in [4.78, 5) is 31.4. The van der Waals surface area contributed by atoms with Gasteiger partial charge in [-0.05, 0) is 0 Å². The average molecular weight is 253 g/mol. The number of nitrogens with one attached hydrogen (secondary N) is 1. The van der Waals surface area contributed by atoms with Gasteiger partial charge in [-0.1, -0.05) is 13.8 Å². The number of methoxy groups -OCH3 is 1. The van der Waals surface area contributed by atoms with E-state index in [2.05, 4.69) is 14.7 Å². The van der Waals surface area contributed by atoms with E-state index in [0.29, 0.717) is 18.2 Å². The van der Waals surface area contributed by atoms with Crippen LogP contribution in [0.15, 0.2) is 10.9 Å². The molecule has 0 aliphatic carbocycles. The van der Waals surface area contributed by atoms with Gasteiger partial charge in [-0.3, -0.25) is 9.59 Å². The number of ether oxygens (including phenoxy) is 1. The number of nitrogens with zero attached hydrogens (tertiary/aromatic N) is 2. The quantitative estimate of drug-likeness (QED) is 0.789. The zero-order valence-corrected chi connectivity index (χ0v) is 11.2. The van der Waals surface area contributed by atoms with E-state index >= 15 is 0 Å². The van der Waals surface area contributed by atoms with Gasteiger partial charge in [0.1, 0.15) is 11.6 Å². The van der Waals surface area contributed by atoms with Crippen LogP contribution in [0.25, 0.3) is 0 Å². The van der Waals surface area contributed by atoms with Gasteiger partial charge < -0.3 is 14.6 Å². The average Bonchev–Trinajstić information content (AvgIpc) is 2.34. The van der Waals surface area contributed by atoms with E-state index < -0.39 is 0 Å². The van der Waals surface area contributed by atoms with Gasteiger partial charge in [0.05, 0.1) is 13.5 Å². The van der Waals surface area contributed by atoms with Crippen molar-refractivity contribution in [1.82, 2.24) is 9.97 Å². The van der Waals surface area contributed by atoms with Crippen LogP contribution in [0.2, 0.25) is 0 Å². The van der Waals surface area contributed by atoms with Crippen LogP contribution < -0.4 is 10.5 Å². The lowest BCUT2D eigenvalue weighted by molar-refractivity contribution is -0.140. The highest BCUT2D eigenvalue weighted by Gasteiger charge is 2.10. The predicted octanol–water partition coefficient (Wildman–Crippen LogP) is 0.893. The third-order valence-electron chi connectivity index (χ3n) is 2.56. The van der Waals surface area contributed by atoms with Crippen molar-refractivity contribution in [3.8, 4) is 0 Å². The van der Waals surface area contributed by atoms with Crippen LogP contribution in [0, 0.1) is 0 Å². The number of hydrogen-bond donors (Lipinski definition) is 1. The Morgan fingerprint density at radius 2 is 2.22 bits per heavy atom. The monoisotopic (exact) mass is 253 g/mol. The molecular formula is C12H19N3O3. The van der Waals surface area contributed by atoms with Gasteiger partial charge in [0.15, 0.2) is 0 Å². The first-order valence-electron chi connectivity index (χ1n) is 5.83. The fourth-order valence-electron chi connectivity index (χ4n) is 1.41. The Labute approximate surface area is 106 Å². The van der Waals surface area contributed by atoms with Gasteiger partial charge >= 0.3 is 5.97 Å². The molecule has 1 heterocycles. The van der Waals surface area contributed by atoms with Gasteiger partial charge in [-0.15, -0.1) is 0 Å². The van der Waals surface area contributed by atoms with E-state index in [9.17, 15) is 9.59 Å². The number of aromatic amines is 1. The SMILES string of the molecule is COC(=O)CCN(C)c1cc(=O)[nH]c(C(C)C)n1. The molecule has 0 aromatic carbocycles. The highest BCUT2D eigenvalue weighted by molar-refractivity contribution is 5.69. The number of H-pyrrole nitrogens is 1. The third-order valence-corrected chi connectivity index (χ3v) is 2.56. The molecule has 0 aliphatic rings. The van der Waals surface area contributed by atoms with Crippen LogP contribution in [-0.4, -0.2) is 36.6 Å². The topological polar surface area (TPSA) is 75.3 Å². The van der Waals surface area contributed by atoms with Crippen LogP contribution >= 0.6 is 0 Å². The maximum Gasteiger partial charge on any atom is 0.307 e. The Hall–Kier alpha value is -1.85. The Morgan fingerprint density at radius 3 is 2.78 bits per heavy atom. The molecule has 0 spiro atoms. The number of carbonyl (C=O) groups excluding carboxylic acids is 1. The first-order valence-corrected chi connectivity index (χ1v) is 5.83. The van der Waals surface area contributed by atoms with E-state index in [1.807, 2.05) is 13.8 Å². The molecule has 0 aliphatic heterocycles. The smallest absolute Gasteiger partial charge is 0.307 e. The van der Waals surface area contributed by atoms with Crippen molar-refractivity contribution in [2.75, 3.05) is 25.6 Å². The van der Waals surface area contributed by atoms with Crippen molar-refractivity contribution in [2.45, 2.75) is 26.2 Å². The summed E-state index contributed by atoms with van der Waals surface area (Å²) >= 11 is 0. The van der Waals surface area contributed by atoms with Crippen LogP contribution in [0.4, 0.5) is 5.82 Å². The third kappa shape index (κ3) is 3.87. The molecule has 100 valence electrons. The first-order chi connectivity index (χ1) is 8.43. The van der Waals surface area contributed by atoms with Crippen LogP contribution in [-0.2, 0) is 9.53 Å². The van der Waals surface area contributed by atoms with E-state index in [1.54, 1.807) is 11.9 Å². The molecule has 1 aromatic heterocycles. The Bertz CT molecular complexity index is 468. The Morgan fingerprint density at radius 1 is 1.56 bits per heavy atom. The molecular weight excluding hydrogens is 234 g/mol. The normalized spacial score (nSPS) is 10.5. The van der Waals surface area contributed by atoms with Crippen molar-refractivity contribution < 1.29 is 9.53 Å². The van der Waals surface area contributed by atoms with Crippen LogP contribution in [0.3, 0.4) is 0 Å². The van der Waals surface area contributed by atoms with Crippen molar-refractivity contribution in [3.05, 3.63) is 22.2 Å². The van der Waals surface area contributed by atoms with E-state index in [1.165, 1.54) is 13.2 Å². The number of aromatic nitrogens is 2. The van der Waals surface area contributed by atoms with Crippen molar-refractivity contribution >= 4 is 11.8 Å². The molecule has 0 amide bonds. The Balaban J connectivity index is 2.82. The summed E-state index contributed by atoms with van der Waals surface area (Å²) in [6.45, 7) is 4.37. The van der Waals surface area contributed by atoms with Crippen molar-refractivity contribution in [1.29, 1.82) is 0 Å². The fourth-order valence-corrected chi connectivity index (χ4v) is 1.41. The second-order valence-electron chi connectivity index (χ2n) is 4.39. The fraction of sp³-hybridized carbons (Fsp3) is 0.583. The molecule has 0 radical (unpaired) electrons. The minimum absolute atomic E-state index is 0.145. The largest absolute Gasteiger partial charge is 0.469 e. The summed E-state index contributed by atoms with van der Waals surface area (Å²) < 4.78 is 4.57. The number of carbonyl (C=O) groups is 1. The molecule has 0 fully saturated rings. The van der Waals surface area contributed by atoms with Gasteiger partial charge in [0.2, 0.25) is 0 Å². The zero-order valence-electron chi connectivity index (χ0n) is 11.2. The summed E-state index contributed by atoms with van der Waals surface area (Å²) in [6.07, 6.45) is 0.262. The lowest BCUT2D eigenvalue weighted by Gasteiger charge is -2.18. The van der Waals surface area contributed by atoms with E-state index in [0.717, 1.165) is 0 Å². The minimum atomic E-state index is -0.282. The van der Waals surface area contributed by atoms with Gasteiger partial charge in [-0.25, -0.2) is 4.98 Å². The van der Waals surface area contributed by atoms with Crippen LogP contribution in [0.5, 0.6) is 0 Å². The zero-order chi connectivity index (χ0) is 13.7. The van der Waals surface area contributed by atoms with E-state index in [4.69, 9.17) is 0 Å². The van der Waals surface area contributed by atoms with Crippen LogP contribution in [0.1, 0.15) is 32.0 Å². The second kappa shape index (κ2) is 6.18. The second-order valence-corrected chi connectivity index (χ2v) is 4.39. The molecule has 18 heavy (non-hydrogen) atoms. The highest BCUT2D eigenvalue weighted by atomic mass is 16.5.